The van der Waals surface area contributed by atoms with Crippen molar-refractivity contribution >= 4 is 11.6 Å². The van der Waals surface area contributed by atoms with E-state index >= 15 is 0 Å². The first-order valence-electron chi connectivity index (χ1n) is 7.34. The molecule has 0 atom stereocenters. The van der Waals surface area contributed by atoms with E-state index in [1.165, 1.54) is 16.8 Å². The fraction of sp³-hybridized carbons (Fsp3) is 0.375. The van der Waals surface area contributed by atoms with Crippen LogP contribution in [0.5, 0.6) is 0 Å². The lowest BCUT2D eigenvalue weighted by molar-refractivity contribution is 0.639. The number of piperazine rings is 1. The van der Waals surface area contributed by atoms with Crippen molar-refractivity contribution in [1.29, 1.82) is 0 Å². The van der Waals surface area contributed by atoms with Crippen molar-refractivity contribution in [2.75, 3.05) is 36.0 Å². The minimum absolute atomic E-state index is 0.597. The van der Waals surface area contributed by atoms with E-state index < -0.39 is 0 Å². The molecule has 0 spiro atoms. The Morgan fingerprint density at radius 2 is 1.71 bits per heavy atom. The van der Waals surface area contributed by atoms with Gasteiger partial charge in [-0.25, -0.2) is 9.97 Å². The third-order valence-electron chi connectivity index (χ3n) is 3.95. The molecule has 2 N–H and O–H groups in total. The third kappa shape index (κ3) is 2.97. The molecule has 1 aliphatic rings. The van der Waals surface area contributed by atoms with Crippen LogP contribution in [0.3, 0.4) is 0 Å². The normalized spacial score (nSPS) is 15.3. The fourth-order valence-electron chi connectivity index (χ4n) is 2.80. The summed E-state index contributed by atoms with van der Waals surface area (Å²) >= 11 is 0. The van der Waals surface area contributed by atoms with Crippen LogP contribution in [0.1, 0.15) is 11.1 Å². The van der Waals surface area contributed by atoms with Crippen LogP contribution in [0, 0.1) is 6.92 Å². The van der Waals surface area contributed by atoms with Crippen LogP contribution in [-0.4, -0.2) is 36.1 Å². The summed E-state index contributed by atoms with van der Waals surface area (Å²) in [5, 5.41) is 0. The van der Waals surface area contributed by atoms with Crippen molar-refractivity contribution < 1.29 is 0 Å². The van der Waals surface area contributed by atoms with Gasteiger partial charge in [-0.2, -0.15) is 0 Å². The maximum Gasteiger partial charge on any atom is 0.225 e. The quantitative estimate of drug-likeness (QED) is 0.926. The van der Waals surface area contributed by atoms with E-state index in [-0.39, 0.29) is 0 Å². The zero-order valence-electron chi connectivity index (χ0n) is 12.4. The van der Waals surface area contributed by atoms with Gasteiger partial charge in [-0.05, 0) is 30.2 Å². The lowest BCUT2D eigenvalue weighted by Gasteiger charge is -2.36. The van der Waals surface area contributed by atoms with E-state index in [9.17, 15) is 0 Å². The van der Waals surface area contributed by atoms with Crippen molar-refractivity contribution in [3.63, 3.8) is 0 Å². The van der Waals surface area contributed by atoms with Gasteiger partial charge in [0.15, 0.2) is 0 Å². The lowest BCUT2D eigenvalue weighted by Crippen LogP contribution is -2.47. The highest BCUT2D eigenvalue weighted by Gasteiger charge is 2.19. The van der Waals surface area contributed by atoms with Gasteiger partial charge in [0.05, 0.1) is 0 Å². The molecule has 0 aliphatic carbocycles. The van der Waals surface area contributed by atoms with Gasteiger partial charge in [-0.3, -0.25) is 0 Å². The number of hydrogen-bond donors (Lipinski definition) is 1. The number of nitrogens with zero attached hydrogens (tertiary/aromatic N) is 4. The minimum atomic E-state index is 0.597. The maximum absolute atomic E-state index is 5.70. The third-order valence-corrected chi connectivity index (χ3v) is 3.95. The molecule has 0 unspecified atom stereocenters. The van der Waals surface area contributed by atoms with Crippen molar-refractivity contribution in [3.8, 4) is 0 Å². The Morgan fingerprint density at radius 3 is 2.33 bits per heavy atom. The Bertz CT molecular complexity index is 591. The van der Waals surface area contributed by atoms with E-state index in [1.807, 2.05) is 6.07 Å². The Morgan fingerprint density at radius 1 is 1.05 bits per heavy atom. The van der Waals surface area contributed by atoms with Gasteiger partial charge in [0, 0.05) is 50.8 Å². The first-order chi connectivity index (χ1) is 10.3. The smallest absolute Gasteiger partial charge is 0.225 e. The Hall–Kier alpha value is -2.14. The first-order valence-corrected chi connectivity index (χ1v) is 7.34. The summed E-state index contributed by atoms with van der Waals surface area (Å²) in [7, 11) is 0. The molecule has 1 fully saturated rings. The number of aromatic nitrogens is 2. The van der Waals surface area contributed by atoms with Gasteiger partial charge in [-0.15, -0.1) is 0 Å². The zero-order valence-corrected chi connectivity index (χ0v) is 12.4. The fourth-order valence-corrected chi connectivity index (χ4v) is 2.80. The standard InChI is InChI=1S/C16H21N5/c1-13-11-14(12-17)3-4-15(13)20-7-9-21(10-8-20)16-18-5-2-6-19-16/h2-6,11H,7-10,12,17H2,1H3. The molecule has 1 saturated heterocycles. The molecule has 3 rings (SSSR count). The first kappa shape index (κ1) is 13.8. The highest BCUT2D eigenvalue weighted by molar-refractivity contribution is 5.55. The minimum Gasteiger partial charge on any atom is -0.368 e. The monoisotopic (exact) mass is 283 g/mol. The molecule has 2 aromatic rings. The van der Waals surface area contributed by atoms with E-state index in [2.05, 4.69) is 44.9 Å². The maximum atomic E-state index is 5.70. The van der Waals surface area contributed by atoms with Crippen LogP contribution in [0.4, 0.5) is 11.6 Å². The number of anilines is 2. The van der Waals surface area contributed by atoms with Crippen LogP contribution in [0.2, 0.25) is 0 Å². The molecule has 1 aromatic carbocycles. The molecule has 0 bridgehead atoms. The number of aryl methyl sites for hydroxylation is 1. The second-order valence-corrected chi connectivity index (χ2v) is 5.35. The molecule has 1 aromatic heterocycles. The van der Waals surface area contributed by atoms with Crippen LogP contribution in [0.15, 0.2) is 36.7 Å². The van der Waals surface area contributed by atoms with Crippen molar-refractivity contribution in [2.45, 2.75) is 13.5 Å². The summed E-state index contributed by atoms with van der Waals surface area (Å²) in [6.45, 7) is 6.62. The molecule has 1 aliphatic heterocycles. The molecule has 0 saturated carbocycles. The number of nitrogens with two attached hydrogens (primary N) is 1. The molecule has 5 nitrogen and oxygen atoms in total. The van der Waals surface area contributed by atoms with E-state index in [1.54, 1.807) is 12.4 Å². The average Bonchev–Trinajstić information content (AvgIpc) is 2.56. The topological polar surface area (TPSA) is 58.3 Å². The second kappa shape index (κ2) is 6.10. The summed E-state index contributed by atoms with van der Waals surface area (Å²) in [6.07, 6.45) is 3.59. The van der Waals surface area contributed by atoms with Crippen LogP contribution in [-0.2, 0) is 6.54 Å². The average molecular weight is 283 g/mol. The van der Waals surface area contributed by atoms with Crippen LogP contribution < -0.4 is 15.5 Å². The Labute approximate surface area is 125 Å². The second-order valence-electron chi connectivity index (χ2n) is 5.35. The van der Waals surface area contributed by atoms with Gasteiger partial charge in [-0.1, -0.05) is 12.1 Å². The lowest BCUT2D eigenvalue weighted by atomic mass is 10.1. The molecular formula is C16H21N5. The molecule has 5 heteroatoms. The van der Waals surface area contributed by atoms with Crippen molar-refractivity contribution in [2.24, 2.45) is 5.73 Å². The van der Waals surface area contributed by atoms with Gasteiger partial charge in [0.2, 0.25) is 5.95 Å². The molecule has 110 valence electrons. The van der Waals surface area contributed by atoms with Crippen LogP contribution >= 0.6 is 0 Å². The zero-order chi connectivity index (χ0) is 14.7. The summed E-state index contributed by atoms with van der Waals surface area (Å²) in [4.78, 5) is 13.3. The van der Waals surface area contributed by atoms with E-state index in [0.29, 0.717) is 6.54 Å². The number of benzene rings is 1. The molecule has 2 heterocycles. The molecular weight excluding hydrogens is 262 g/mol. The van der Waals surface area contributed by atoms with Gasteiger partial charge in [0.25, 0.3) is 0 Å². The largest absolute Gasteiger partial charge is 0.368 e. The summed E-state index contributed by atoms with van der Waals surface area (Å²) in [5.41, 5.74) is 9.48. The molecule has 0 radical (unpaired) electrons. The summed E-state index contributed by atoms with van der Waals surface area (Å²) < 4.78 is 0. The Kier molecular flexibility index (Phi) is 4.01. The Balaban J connectivity index is 1.68. The predicted octanol–water partition coefficient (Wildman–Crippen LogP) is 1.57. The van der Waals surface area contributed by atoms with Crippen LogP contribution in [0.25, 0.3) is 0 Å². The van der Waals surface area contributed by atoms with E-state index in [4.69, 9.17) is 5.73 Å². The van der Waals surface area contributed by atoms with Gasteiger partial charge < -0.3 is 15.5 Å². The number of rotatable bonds is 3. The van der Waals surface area contributed by atoms with Crippen molar-refractivity contribution in [3.05, 3.63) is 47.8 Å². The highest BCUT2D eigenvalue weighted by Crippen LogP contribution is 2.23. The summed E-state index contributed by atoms with van der Waals surface area (Å²) in [6, 6.07) is 8.34. The number of hydrogen-bond acceptors (Lipinski definition) is 5. The molecule has 21 heavy (non-hydrogen) atoms. The van der Waals surface area contributed by atoms with Crippen molar-refractivity contribution in [1.82, 2.24) is 9.97 Å². The molecule has 0 amide bonds. The summed E-state index contributed by atoms with van der Waals surface area (Å²) in [5.74, 6) is 0.826. The predicted molar refractivity (Wildman–Crippen MR) is 85.5 cm³/mol. The van der Waals surface area contributed by atoms with E-state index in [0.717, 1.165) is 32.1 Å². The van der Waals surface area contributed by atoms with Gasteiger partial charge >= 0.3 is 0 Å². The highest BCUT2D eigenvalue weighted by atomic mass is 15.3. The SMILES string of the molecule is Cc1cc(CN)ccc1N1CCN(c2ncccn2)CC1. The van der Waals surface area contributed by atoms with Gasteiger partial charge in [0.1, 0.15) is 0 Å².